The molecule has 1 heteroatoms. The van der Waals surface area contributed by atoms with Gasteiger partial charge in [0.25, 0.3) is 0 Å². The minimum atomic E-state index is -0.585. The summed E-state index contributed by atoms with van der Waals surface area (Å²) >= 11 is 0. The molecule has 0 radical (unpaired) electrons. The zero-order valence-electron chi connectivity index (χ0n) is 12.7. The van der Waals surface area contributed by atoms with Crippen LogP contribution in [-0.4, -0.2) is 5.11 Å². The number of benzene rings is 1. The third-order valence-corrected chi connectivity index (χ3v) is 4.97. The van der Waals surface area contributed by atoms with E-state index in [9.17, 15) is 5.11 Å². The van der Waals surface area contributed by atoms with Gasteiger partial charge in [0.15, 0.2) is 0 Å². The van der Waals surface area contributed by atoms with Crippen molar-refractivity contribution in [1.82, 2.24) is 0 Å². The molecule has 0 aliphatic heterocycles. The molecule has 0 saturated heterocycles. The van der Waals surface area contributed by atoms with E-state index in [1.807, 2.05) is 0 Å². The maximum atomic E-state index is 11.1. The van der Waals surface area contributed by atoms with Gasteiger partial charge >= 0.3 is 0 Å². The summed E-state index contributed by atoms with van der Waals surface area (Å²) < 4.78 is 0. The minimum absolute atomic E-state index is 0.585. The first-order valence-electron chi connectivity index (χ1n) is 7.86. The number of aryl methyl sites for hydroxylation is 1. The van der Waals surface area contributed by atoms with Crippen molar-refractivity contribution >= 4 is 0 Å². The number of hydrogen-bond donors (Lipinski definition) is 1. The van der Waals surface area contributed by atoms with Crippen LogP contribution in [0.2, 0.25) is 0 Å². The molecule has 19 heavy (non-hydrogen) atoms. The highest BCUT2D eigenvalue weighted by molar-refractivity contribution is 5.37. The van der Waals surface area contributed by atoms with Crippen molar-refractivity contribution in [2.45, 2.75) is 71.3 Å². The lowest BCUT2D eigenvalue weighted by Gasteiger charge is -2.29. The molecule has 1 aromatic rings. The Morgan fingerprint density at radius 1 is 1.21 bits per heavy atom. The molecule has 1 aliphatic carbocycles. The third kappa shape index (κ3) is 3.20. The van der Waals surface area contributed by atoms with Gasteiger partial charge in [0.05, 0.1) is 5.60 Å². The van der Waals surface area contributed by atoms with Gasteiger partial charge in [0.2, 0.25) is 0 Å². The lowest BCUT2D eigenvalue weighted by Crippen LogP contribution is -2.26. The second-order valence-electron chi connectivity index (χ2n) is 6.36. The highest BCUT2D eigenvalue weighted by atomic mass is 16.3. The zero-order valence-corrected chi connectivity index (χ0v) is 12.7. The number of hydrogen-bond acceptors (Lipinski definition) is 1. The fourth-order valence-electron chi connectivity index (χ4n) is 3.62. The van der Waals surface area contributed by atoms with E-state index < -0.39 is 5.60 Å². The second kappa shape index (κ2) is 6.09. The summed E-state index contributed by atoms with van der Waals surface area (Å²) in [5.41, 5.74) is 3.15. The van der Waals surface area contributed by atoms with Crippen LogP contribution in [0.15, 0.2) is 18.2 Å². The summed E-state index contributed by atoms with van der Waals surface area (Å²) in [7, 11) is 0. The van der Waals surface area contributed by atoms with E-state index in [1.54, 1.807) is 0 Å². The van der Waals surface area contributed by atoms with Crippen LogP contribution in [0.4, 0.5) is 0 Å². The van der Waals surface area contributed by atoms with Crippen molar-refractivity contribution in [2.75, 3.05) is 0 Å². The molecule has 0 amide bonds. The fraction of sp³-hybridized carbons (Fsp3) is 0.667. The number of aliphatic hydroxyl groups is 1. The lowest BCUT2D eigenvalue weighted by atomic mass is 9.82. The Bertz CT molecular complexity index is 424. The monoisotopic (exact) mass is 260 g/mol. The molecule has 0 bridgehead atoms. The molecular weight excluding hydrogens is 232 g/mol. The first kappa shape index (κ1) is 14.6. The molecule has 0 aromatic heterocycles. The van der Waals surface area contributed by atoms with E-state index in [0.717, 1.165) is 25.2 Å². The first-order valence-corrected chi connectivity index (χ1v) is 7.86. The molecule has 2 unspecified atom stereocenters. The van der Waals surface area contributed by atoms with Crippen LogP contribution in [-0.2, 0) is 5.60 Å². The maximum absolute atomic E-state index is 11.1. The van der Waals surface area contributed by atoms with Crippen molar-refractivity contribution in [2.24, 2.45) is 5.92 Å². The van der Waals surface area contributed by atoms with Gasteiger partial charge in [-0.25, -0.2) is 0 Å². The molecule has 106 valence electrons. The van der Waals surface area contributed by atoms with Crippen molar-refractivity contribution in [3.63, 3.8) is 0 Å². The van der Waals surface area contributed by atoms with E-state index in [1.165, 1.54) is 42.4 Å². The van der Waals surface area contributed by atoms with Crippen LogP contribution in [0, 0.1) is 19.8 Å². The Morgan fingerprint density at radius 2 is 2.00 bits per heavy atom. The predicted molar refractivity (Wildman–Crippen MR) is 81.3 cm³/mol. The molecule has 1 saturated carbocycles. The predicted octanol–water partition coefficient (Wildman–Crippen LogP) is 4.87. The van der Waals surface area contributed by atoms with Crippen molar-refractivity contribution in [1.29, 1.82) is 0 Å². The molecular formula is C18H28O. The Balaban J connectivity index is 2.20. The van der Waals surface area contributed by atoms with Gasteiger partial charge in [-0.15, -0.1) is 0 Å². The summed E-state index contributed by atoms with van der Waals surface area (Å²) in [5, 5.41) is 11.1. The summed E-state index contributed by atoms with van der Waals surface area (Å²) in [6.45, 7) is 6.55. The Labute approximate surface area is 118 Å². The summed E-state index contributed by atoms with van der Waals surface area (Å²) in [6.07, 6.45) is 8.09. The largest absolute Gasteiger partial charge is 0.385 e. The Morgan fingerprint density at radius 3 is 2.74 bits per heavy atom. The standard InChI is InChI=1S/C18H28O/c1-4-7-16-9-6-12-18(19,13-11-16)17-10-5-8-14(2)15(17)3/h5,8,10,16,19H,4,6-7,9,11-13H2,1-3H3. The van der Waals surface area contributed by atoms with Gasteiger partial charge < -0.3 is 5.11 Å². The van der Waals surface area contributed by atoms with Crippen LogP contribution < -0.4 is 0 Å². The van der Waals surface area contributed by atoms with Gasteiger partial charge in [-0.2, -0.15) is 0 Å². The van der Waals surface area contributed by atoms with E-state index in [4.69, 9.17) is 0 Å². The molecule has 1 N–H and O–H groups in total. The van der Waals surface area contributed by atoms with Crippen LogP contribution in [0.25, 0.3) is 0 Å². The molecule has 1 nitrogen and oxygen atoms in total. The minimum Gasteiger partial charge on any atom is -0.385 e. The quantitative estimate of drug-likeness (QED) is 0.769. The normalized spacial score (nSPS) is 28.1. The highest BCUT2D eigenvalue weighted by Crippen LogP contribution is 2.40. The van der Waals surface area contributed by atoms with Crippen molar-refractivity contribution < 1.29 is 5.11 Å². The molecule has 2 rings (SSSR count). The lowest BCUT2D eigenvalue weighted by molar-refractivity contribution is 0.0189. The Hall–Kier alpha value is -0.820. The summed E-state index contributed by atoms with van der Waals surface area (Å²) in [6, 6.07) is 6.35. The zero-order chi connectivity index (χ0) is 13.9. The van der Waals surface area contributed by atoms with Crippen LogP contribution in [0.1, 0.15) is 68.6 Å². The first-order chi connectivity index (χ1) is 9.07. The Kier molecular flexibility index (Phi) is 4.67. The van der Waals surface area contributed by atoms with Gasteiger partial charge in [0.1, 0.15) is 0 Å². The summed E-state index contributed by atoms with van der Waals surface area (Å²) in [4.78, 5) is 0. The van der Waals surface area contributed by atoms with Gasteiger partial charge in [-0.05, 0) is 62.1 Å². The smallest absolute Gasteiger partial charge is 0.0899 e. The van der Waals surface area contributed by atoms with Crippen molar-refractivity contribution in [3.05, 3.63) is 34.9 Å². The van der Waals surface area contributed by atoms with E-state index in [0.29, 0.717) is 0 Å². The van der Waals surface area contributed by atoms with Crippen molar-refractivity contribution in [3.8, 4) is 0 Å². The maximum Gasteiger partial charge on any atom is 0.0899 e. The van der Waals surface area contributed by atoms with Gasteiger partial charge in [-0.3, -0.25) is 0 Å². The highest BCUT2D eigenvalue weighted by Gasteiger charge is 2.33. The van der Waals surface area contributed by atoms with Crippen LogP contribution in [0.3, 0.4) is 0 Å². The van der Waals surface area contributed by atoms with Gasteiger partial charge in [-0.1, -0.05) is 44.4 Å². The van der Waals surface area contributed by atoms with Crippen LogP contribution >= 0.6 is 0 Å². The average Bonchev–Trinajstić information content (AvgIpc) is 2.57. The molecule has 0 spiro atoms. The molecule has 1 aromatic carbocycles. The van der Waals surface area contributed by atoms with Gasteiger partial charge in [0, 0.05) is 0 Å². The fourth-order valence-corrected chi connectivity index (χ4v) is 3.62. The molecule has 1 aliphatic rings. The SMILES string of the molecule is CCCC1CCCC(O)(c2cccc(C)c2C)CC1. The second-order valence-corrected chi connectivity index (χ2v) is 6.36. The summed E-state index contributed by atoms with van der Waals surface area (Å²) in [5.74, 6) is 0.823. The average molecular weight is 260 g/mol. The molecule has 0 heterocycles. The molecule has 1 fully saturated rings. The number of rotatable bonds is 3. The molecule has 2 atom stereocenters. The third-order valence-electron chi connectivity index (χ3n) is 4.97. The van der Waals surface area contributed by atoms with E-state index >= 15 is 0 Å². The van der Waals surface area contributed by atoms with E-state index in [2.05, 4.69) is 39.0 Å². The van der Waals surface area contributed by atoms with E-state index in [-0.39, 0.29) is 0 Å². The van der Waals surface area contributed by atoms with Crippen LogP contribution in [0.5, 0.6) is 0 Å². The topological polar surface area (TPSA) is 20.2 Å².